The summed E-state index contributed by atoms with van der Waals surface area (Å²) in [7, 11) is -9.90. The van der Waals surface area contributed by atoms with Crippen molar-refractivity contribution in [3.8, 4) is 0 Å². The summed E-state index contributed by atoms with van der Waals surface area (Å²) in [5, 5.41) is 10.6. The minimum atomic E-state index is -4.95. The van der Waals surface area contributed by atoms with Crippen LogP contribution in [0.5, 0.6) is 0 Å². The lowest BCUT2D eigenvalue weighted by molar-refractivity contribution is -0.161. The molecule has 0 aromatic carbocycles. The molecule has 0 radical (unpaired) electrons. The molecule has 93 heavy (non-hydrogen) atoms. The smallest absolute Gasteiger partial charge is 0.462 e. The highest BCUT2D eigenvalue weighted by atomic mass is 31.2. The first-order valence-electron chi connectivity index (χ1n) is 38.5. The van der Waals surface area contributed by atoms with Crippen LogP contribution >= 0.6 is 15.6 Å². The van der Waals surface area contributed by atoms with Crippen LogP contribution in [0.1, 0.15) is 382 Å². The standard InChI is InChI=1S/C74H144O17P2/c1-7-9-11-13-15-16-17-18-19-20-21-22-23-28-31-34-40-46-52-58-73(78)90-70(63-85-72(77)57-51-45-39-33-30-27-25-24-26-29-32-37-42-48-54-66(3)4)65-89-93(82,83)87-61-68(75)60-86-92(80,81)88-64-69(62-84-71(76)56-50-44-36-14-12-10-8-2)91-74(79)59-53-47-41-35-38-43-49-55-67(5)6/h66-70,75H,7-65H2,1-6H3,(H,80,81)(H,82,83)/t68-,69+,70+/m0/s1. The van der Waals surface area contributed by atoms with Gasteiger partial charge in [0.05, 0.1) is 26.4 Å². The van der Waals surface area contributed by atoms with E-state index in [0.29, 0.717) is 31.6 Å². The van der Waals surface area contributed by atoms with Crippen molar-refractivity contribution in [2.24, 2.45) is 11.8 Å². The highest BCUT2D eigenvalue weighted by Crippen LogP contribution is 2.45. The van der Waals surface area contributed by atoms with Crippen molar-refractivity contribution in [2.75, 3.05) is 39.6 Å². The largest absolute Gasteiger partial charge is 0.472 e. The van der Waals surface area contributed by atoms with E-state index in [-0.39, 0.29) is 25.7 Å². The summed E-state index contributed by atoms with van der Waals surface area (Å²) in [6.07, 6.45) is 53.1. The summed E-state index contributed by atoms with van der Waals surface area (Å²) < 4.78 is 68.3. The maximum atomic E-state index is 13.1. The molecular formula is C74H144O17P2. The predicted octanol–water partition coefficient (Wildman–Crippen LogP) is 21.6. The van der Waals surface area contributed by atoms with E-state index in [1.807, 2.05) is 0 Å². The predicted molar refractivity (Wildman–Crippen MR) is 377 cm³/mol. The number of esters is 4. The Morgan fingerprint density at radius 3 is 0.731 bits per heavy atom. The van der Waals surface area contributed by atoms with Gasteiger partial charge >= 0.3 is 39.5 Å². The number of carbonyl (C=O) groups excluding carboxylic acids is 4. The first-order valence-corrected chi connectivity index (χ1v) is 41.5. The van der Waals surface area contributed by atoms with Gasteiger partial charge in [0, 0.05) is 25.7 Å². The van der Waals surface area contributed by atoms with Crippen LogP contribution in [0.25, 0.3) is 0 Å². The molecule has 0 aromatic heterocycles. The molecule has 2 unspecified atom stereocenters. The van der Waals surface area contributed by atoms with Crippen LogP contribution in [0.2, 0.25) is 0 Å². The SMILES string of the molecule is CCCCCCCCCCCCCCCCCCCCCC(=O)O[C@H](COC(=O)CCCCCCCCCCCCCCCCC(C)C)COP(=O)(O)OC[C@@H](O)COP(=O)(O)OC[C@@H](COC(=O)CCCCCCCCC)OC(=O)CCCCCCCCCC(C)C. The minimum absolute atomic E-state index is 0.103. The van der Waals surface area contributed by atoms with Gasteiger partial charge in [-0.1, -0.05) is 330 Å². The van der Waals surface area contributed by atoms with Gasteiger partial charge in [0.1, 0.15) is 19.3 Å². The molecule has 19 heteroatoms. The lowest BCUT2D eigenvalue weighted by Gasteiger charge is -2.21. The molecule has 17 nitrogen and oxygen atoms in total. The number of hydrogen-bond donors (Lipinski definition) is 3. The van der Waals surface area contributed by atoms with Gasteiger partial charge in [-0.05, 0) is 37.5 Å². The summed E-state index contributed by atoms with van der Waals surface area (Å²) in [6.45, 7) is 9.50. The average molecular weight is 1370 g/mol. The first kappa shape index (κ1) is 91.1. The average Bonchev–Trinajstić information content (AvgIpc) is 1.72. The quantitative estimate of drug-likeness (QED) is 0.0222. The maximum absolute atomic E-state index is 13.1. The molecular weight excluding hydrogens is 1220 g/mol. The topological polar surface area (TPSA) is 237 Å². The van der Waals surface area contributed by atoms with Crippen molar-refractivity contribution in [2.45, 2.75) is 400 Å². The van der Waals surface area contributed by atoms with Crippen LogP contribution in [0.4, 0.5) is 0 Å². The molecule has 552 valence electrons. The minimum Gasteiger partial charge on any atom is -0.462 e. The van der Waals surface area contributed by atoms with Crippen molar-refractivity contribution >= 4 is 39.5 Å². The highest BCUT2D eigenvalue weighted by Gasteiger charge is 2.30. The number of unbranched alkanes of at least 4 members (excludes halogenated alkanes) is 43. The van der Waals surface area contributed by atoms with E-state index in [1.54, 1.807) is 0 Å². The van der Waals surface area contributed by atoms with E-state index >= 15 is 0 Å². The lowest BCUT2D eigenvalue weighted by Crippen LogP contribution is -2.30. The fraction of sp³-hybridized carbons (Fsp3) is 0.946. The molecule has 0 aromatic rings. The second-order valence-corrected chi connectivity index (χ2v) is 30.5. The first-order chi connectivity index (χ1) is 44.9. The molecule has 0 aliphatic rings. The van der Waals surface area contributed by atoms with E-state index in [9.17, 15) is 43.2 Å². The van der Waals surface area contributed by atoms with Crippen molar-refractivity contribution in [1.82, 2.24) is 0 Å². The zero-order valence-electron chi connectivity index (χ0n) is 60.6. The number of carbonyl (C=O) groups is 4. The second kappa shape index (κ2) is 66.0. The summed E-state index contributed by atoms with van der Waals surface area (Å²) in [6, 6.07) is 0. The summed E-state index contributed by atoms with van der Waals surface area (Å²) >= 11 is 0. The molecule has 0 fully saturated rings. The van der Waals surface area contributed by atoms with Crippen LogP contribution in [0.3, 0.4) is 0 Å². The van der Waals surface area contributed by atoms with E-state index in [0.717, 1.165) is 109 Å². The van der Waals surface area contributed by atoms with Gasteiger partial charge in [0.2, 0.25) is 0 Å². The Kier molecular flexibility index (Phi) is 64.6. The van der Waals surface area contributed by atoms with Gasteiger partial charge in [0.15, 0.2) is 12.2 Å². The van der Waals surface area contributed by atoms with Gasteiger partial charge in [0.25, 0.3) is 0 Å². The number of phosphoric acid groups is 2. The molecule has 0 saturated heterocycles. The van der Waals surface area contributed by atoms with E-state index in [2.05, 4.69) is 41.5 Å². The maximum Gasteiger partial charge on any atom is 0.472 e. The third-order valence-corrected chi connectivity index (χ3v) is 19.1. The molecule has 0 amide bonds. The van der Waals surface area contributed by atoms with Crippen LogP contribution in [0, 0.1) is 11.8 Å². The van der Waals surface area contributed by atoms with Gasteiger partial charge < -0.3 is 33.8 Å². The third-order valence-electron chi connectivity index (χ3n) is 17.2. The summed E-state index contributed by atoms with van der Waals surface area (Å²) in [5.41, 5.74) is 0. The molecule has 0 bridgehead atoms. The normalized spacial score (nSPS) is 14.1. The van der Waals surface area contributed by atoms with Crippen LogP contribution in [0.15, 0.2) is 0 Å². The number of aliphatic hydroxyl groups is 1. The monoisotopic (exact) mass is 1370 g/mol. The van der Waals surface area contributed by atoms with Crippen LogP contribution in [-0.2, 0) is 65.4 Å². The molecule has 0 spiro atoms. The zero-order chi connectivity index (χ0) is 68.6. The number of ether oxygens (including phenoxy) is 4. The number of hydrogen-bond acceptors (Lipinski definition) is 15. The Morgan fingerprint density at radius 2 is 0.495 bits per heavy atom. The van der Waals surface area contributed by atoms with E-state index < -0.39 is 97.5 Å². The molecule has 0 saturated carbocycles. The van der Waals surface area contributed by atoms with Crippen molar-refractivity contribution < 1.29 is 80.2 Å². The van der Waals surface area contributed by atoms with Crippen LogP contribution < -0.4 is 0 Å². The number of aliphatic hydroxyl groups excluding tert-OH is 1. The number of rotatable bonds is 73. The third kappa shape index (κ3) is 68.4. The highest BCUT2D eigenvalue weighted by molar-refractivity contribution is 7.47. The van der Waals surface area contributed by atoms with E-state index in [4.69, 9.17) is 37.0 Å². The van der Waals surface area contributed by atoms with Crippen molar-refractivity contribution in [3.05, 3.63) is 0 Å². The summed E-state index contributed by atoms with van der Waals surface area (Å²) in [5.74, 6) is -0.630. The Labute approximate surface area is 568 Å². The molecule has 5 atom stereocenters. The fourth-order valence-corrected chi connectivity index (χ4v) is 12.9. The van der Waals surface area contributed by atoms with Crippen molar-refractivity contribution in [1.29, 1.82) is 0 Å². The van der Waals surface area contributed by atoms with Gasteiger partial charge in [-0.3, -0.25) is 37.3 Å². The Morgan fingerprint density at radius 1 is 0.290 bits per heavy atom. The summed E-state index contributed by atoms with van der Waals surface area (Å²) in [4.78, 5) is 72.5. The molecule has 0 rings (SSSR count). The molecule has 0 heterocycles. The molecule has 0 aliphatic heterocycles. The second-order valence-electron chi connectivity index (χ2n) is 27.6. The van der Waals surface area contributed by atoms with Gasteiger partial charge in [-0.25, -0.2) is 9.13 Å². The van der Waals surface area contributed by atoms with Crippen molar-refractivity contribution in [3.63, 3.8) is 0 Å². The Bertz CT molecular complexity index is 1800. The molecule has 3 N–H and O–H groups in total. The van der Waals surface area contributed by atoms with Gasteiger partial charge in [-0.15, -0.1) is 0 Å². The molecule has 0 aliphatic carbocycles. The number of phosphoric ester groups is 2. The zero-order valence-corrected chi connectivity index (χ0v) is 62.3. The van der Waals surface area contributed by atoms with Crippen LogP contribution in [-0.4, -0.2) is 96.7 Å². The Hall–Kier alpha value is -1.94. The Balaban J connectivity index is 5.17. The fourth-order valence-electron chi connectivity index (χ4n) is 11.3. The lowest BCUT2D eigenvalue weighted by atomic mass is 10.0. The van der Waals surface area contributed by atoms with Gasteiger partial charge in [-0.2, -0.15) is 0 Å². The van der Waals surface area contributed by atoms with E-state index in [1.165, 1.54) is 186 Å².